The summed E-state index contributed by atoms with van der Waals surface area (Å²) in [5.41, 5.74) is 7.42. The van der Waals surface area contributed by atoms with Crippen LogP contribution in [0.4, 0.5) is 11.4 Å². The Labute approximate surface area is 97.5 Å². The van der Waals surface area contributed by atoms with Crippen molar-refractivity contribution < 1.29 is 0 Å². The molecule has 1 fully saturated rings. The molecule has 0 atom stereocenters. The van der Waals surface area contributed by atoms with Gasteiger partial charge in [0.25, 0.3) is 0 Å². The third kappa shape index (κ3) is 3.40. The molecular weight excluding hydrogens is 198 g/mol. The van der Waals surface area contributed by atoms with E-state index in [1.807, 2.05) is 12.3 Å². The molecule has 0 amide bonds. The lowest BCUT2D eigenvalue weighted by molar-refractivity contribution is 0.491. The highest BCUT2D eigenvalue weighted by atomic mass is 14.9. The summed E-state index contributed by atoms with van der Waals surface area (Å²) in [6.45, 7) is 1.03. The van der Waals surface area contributed by atoms with Crippen molar-refractivity contribution in [2.24, 2.45) is 5.92 Å². The first kappa shape index (κ1) is 11.2. The molecule has 0 bridgehead atoms. The molecule has 16 heavy (non-hydrogen) atoms. The van der Waals surface area contributed by atoms with Crippen LogP contribution in [0, 0.1) is 5.92 Å². The van der Waals surface area contributed by atoms with E-state index in [1.165, 1.54) is 38.5 Å². The van der Waals surface area contributed by atoms with Gasteiger partial charge in [0.2, 0.25) is 0 Å². The molecule has 0 saturated heterocycles. The van der Waals surface area contributed by atoms with Crippen LogP contribution in [0.15, 0.2) is 18.5 Å². The number of aromatic nitrogens is 1. The summed E-state index contributed by atoms with van der Waals surface area (Å²) in [5.74, 6) is 0.987. The van der Waals surface area contributed by atoms with Gasteiger partial charge in [0.15, 0.2) is 0 Å². The van der Waals surface area contributed by atoms with E-state index in [0.29, 0.717) is 0 Å². The second-order valence-electron chi connectivity index (χ2n) is 4.73. The standard InChI is InChI=1S/C13H21N3/c14-12-8-13(10-15-9-12)16-7-3-6-11-4-1-2-5-11/h8-11,16H,1-7,14H2. The van der Waals surface area contributed by atoms with Crippen LogP contribution in [0.3, 0.4) is 0 Å². The fraction of sp³-hybridized carbons (Fsp3) is 0.615. The van der Waals surface area contributed by atoms with E-state index in [2.05, 4.69) is 10.3 Å². The van der Waals surface area contributed by atoms with Crippen LogP contribution in [0.2, 0.25) is 0 Å². The Morgan fingerprint density at radius 3 is 2.88 bits per heavy atom. The Morgan fingerprint density at radius 2 is 2.12 bits per heavy atom. The van der Waals surface area contributed by atoms with Crippen molar-refractivity contribution in [1.82, 2.24) is 4.98 Å². The van der Waals surface area contributed by atoms with Crippen LogP contribution < -0.4 is 11.1 Å². The van der Waals surface area contributed by atoms with Crippen LogP contribution in [0.5, 0.6) is 0 Å². The molecule has 1 aromatic rings. The van der Waals surface area contributed by atoms with Gasteiger partial charge < -0.3 is 11.1 Å². The van der Waals surface area contributed by atoms with Crippen molar-refractivity contribution in [3.63, 3.8) is 0 Å². The molecule has 3 N–H and O–H groups in total. The first-order valence-corrected chi connectivity index (χ1v) is 6.29. The Bertz CT molecular complexity index is 319. The highest BCUT2D eigenvalue weighted by molar-refractivity contribution is 5.51. The van der Waals surface area contributed by atoms with E-state index in [-0.39, 0.29) is 0 Å². The molecular formula is C13H21N3. The van der Waals surface area contributed by atoms with Crippen molar-refractivity contribution in [2.75, 3.05) is 17.6 Å². The maximum atomic E-state index is 5.66. The number of nitrogens with one attached hydrogen (secondary N) is 1. The lowest BCUT2D eigenvalue weighted by Gasteiger charge is -2.10. The minimum Gasteiger partial charge on any atom is -0.397 e. The lowest BCUT2D eigenvalue weighted by Crippen LogP contribution is -2.04. The first-order valence-electron chi connectivity index (χ1n) is 6.29. The average Bonchev–Trinajstić information content (AvgIpc) is 2.77. The smallest absolute Gasteiger partial charge is 0.0547 e. The predicted molar refractivity (Wildman–Crippen MR) is 68.3 cm³/mol. The molecule has 2 rings (SSSR count). The Kier molecular flexibility index (Phi) is 4.03. The molecule has 0 aliphatic heterocycles. The molecule has 3 nitrogen and oxygen atoms in total. The molecule has 88 valence electrons. The summed E-state index contributed by atoms with van der Waals surface area (Å²) >= 11 is 0. The molecule has 1 heterocycles. The van der Waals surface area contributed by atoms with Gasteiger partial charge in [-0.05, 0) is 24.8 Å². The normalized spacial score (nSPS) is 16.5. The summed E-state index contributed by atoms with van der Waals surface area (Å²) in [6, 6.07) is 1.93. The van der Waals surface area contributed by atoms with E-state index in [4.69, 9.17) is 5.73 Å². The molecule has 3 heteroatoms. The van der Waals surface area contributed by atoms with Gasteiger partial charge in [-0.2, -0.15) is 0 Å². The minimum atomic E-state index is 0.723. The maximum absolute atomic E-state index is 5.66. The van der Waals surface area contributed by atoms with Gasteiger partial charge in [0, 0.05) is 12.7 Å². The quantitative estimate of drug-likeness (QED) is 0.748. The summed E-state index contributed by atoms with van der Waals surface area (Å²) in [5, 5.41) is 3.37. The number of anilines is 2. The lowest BCUT2D eigenvalue weighted by atomic mass is 10.0. The van der Waals surface area contributed by atoms with Gasteiger partial charge in [-0.1, -0.05) is 25.7 Å². The fourth-order valence-corrected chi connectivity index (χ4v) is 2.48. The van der Waals surface area contributed by atoms with Crippen molar-refractivity contribution in [3.8, 4) is 0 Å². The van der Waals surface area contributed by atoms with Crippen molar-refractivity contribution in [1.29, 1.82) is 0 Å². The summed E-state index contributed by atoms with van der Waals surface area (Å²) in [6.07, 6.45) is 11.9. The number of pyridine rings is 1. The SMILES string of the molecule is Nc1cncc(NCCCC2CCCC2)c1. The summed E-state index contributed by atoms with van der Waals surface area (Å²) in [7, 11) is 0. The van der Waals surface area contributed by atoms with Crippen LogP contribution in [0.1, 0.15) is 38.5 Å². The average molecular weight is 219 g/mol. The topological polar surface area (TPSA) is 50.9 Å². The first-order chi connectivity index (χ1) is 7.84. The third-order valence-corrected chi connectivity index (χ3v) is 3.35. The second kappa shape index (κ2) is 5.73. The van der Waals surface area contributed by atoms with Crippen molar-refractivity contribution in [3.05, 3.63) is 18.5 Å². The largest absolute Gasteiger partial charge is 0.397 e. The number of nitrogens with two attached hydrogens (primary N) is 1. The third-order valence-electron chi connectivity index (χ3n) is 3.35. The Balaban J connectivity index is 1.64. The molecule has 1 aliphatic carbocycles. The molecule has 1 aliphatic rings. The molecule has 0 unspecified atom stereocenters. The predicted octanol–water partition coefficient (Wildman–Crippen LogP) is 3.05. The van der Waals surface area contributed by atoms with E-state index in [1.54, 1.807) is 6.20 Å². The maximum Gasteiger partial charge on any atom is 0.0547 e. The minimum absolute atomic E-state index is 0.723. The molecule has 1 saturated carbocycles. The van der Waals surface area contributed by atoms with Gasteiger partial charge in [0.05, 0.1) is 17.6 Å². The Hall–Kier alpha value is -1.25. The zero-order valence-corrected chi connectivity index (χ0v) is 9.78. The van der Waals surface area contributed by atoms with E-state index >= 15 is 0 Å². The number of hydrogen-bond donors (Lipinski definition) is 2. The number of rotatable bonds is 5. The van der Waals surface area contributed by atoms with Crippen LogP contribution in [0.25, 0.3) is 0 Å². The summed E-state index contributed by atoms with van der Waals surface area (Å²) in [4.78, 5) is 4.05. The number of hydrogen-bond acceptors (Lipinski definition) is 3. The number of nitrogen functional groups attached to an aromatic ring is 1. The van der Waals surface area contributed by atoms with Gasteiger partial charge >= 0.3 is 0 Å². The molecule has 0 radical (unpaired) electrons. The monoisotopic (exact) mass is 219 g/mol. The van der Waals surface area contributed by atoms with E-state index in [9.17, 15) is 0 Å². The zero-order valence-electron chi connectivity index (χ0n) is 9.78. The molecule has 0 aromatic carbocycles. The van der Waals surface area contributed by atoms with Crippen LogP contribution in [-0.2, 0) is 0 Å². The van der Waals surface area contributed by atoms with Gasteiger partial charge in [0.1, 0.15) is 0 Å². The Morgan fingerprint density at radius 1 is 1.31 bits per heavy atom. The van der Waals surface area contributed by atoms with E-state index < -0.39 is 0 Å². The highest BCUT2D eigenvalue weighted by Crippen LogP contribution is 2.28. The highest BCUT2D eigenvalue weighted by Gasteiger charge is 2.13. The van der Waals surface area contributed by atoms with Gasteiger partial charge in [-0.15, -0.1) is 0 Å². The van der Waals surface area contributed by atoms with Crippen LogP contribution in [-0.4, -0.2) is 11.5 Å². The second-order valence-corrected chi connectivity index (χ2v) is 4.73. The number of nitrogens with zero attached hydrogens (tertiary/aromatic N) is 1. The van der Waals surface area contributed by atoms with Crippen molar-refractivity contribution in [2.45, 2.75) is 38.5 Å². The van der Waals surface area contributed by atoms with Crippen LogP contribution >= 0.6 is 0 Å². The van der Waals surface area contributed by atoms with Crippen molar-refractivity contribution >= 4 is 11.4 Å². The van der Waals surface area contributed by atoms with E-state index in [0.717, 1.165) is 23.8 Å². The molecule has 1 aromatic heterocycles. The summed E-state index contributed by atoms with van der Waals surface area (Å²) < 4.78 is 0. The fourth-order valence-electron chi connectivity index (χ4n) is 2.48. The van der Waals surface area contributed by atoms with Gasteiger partial charge in [-0.25, -0.2) is 0 Å². The van der Waals surface area contributed by atoms with Gasteiger partial charge in [-0.3, -0.25) is 4.98 Å². The zero-order chi connectivity index (χ0) is 11.2. The molecule has 0 spiro atoms.